The molecule has 0 aliphatic heterocycles. The zero-order valence-electron chi connectivity index (χ0n) is 8.35. The fourth-order valence-corrected chi connectivity index (χ4v) is 1.81. The maximum Gasteiger partial charge on any atom is 0.323 e. The molecule has 0 unspecified atom stereocenters. The first kappa shape index (κ1) is 10.1. The van der Waals surface area contributed by atoms with Gasteiger partial charge in [0.15, 0.2) is 0 Å². The second-order valence-electron chi connectivity index (χ2n) is 3.44. The van der Waals surface area contributed by atoms with Gasteiger partial charge in [0.2, 0.25) is 0 Å². The van der Waals surface area contributed by atoms with Crippen molar-refractivity contribution in [3.63, 3.8) is 0 Å². The van der Waals surface area contributed by atoms with Crippen molar-refractivity contribution in [2.24, 2.45) is 5.41 Å². The van der Waals surface area contributed by atoms with Gasteiger partial charge in [0.1, 0.15) is 5.41 Å². The Balaban J connectivity index is 2.80. The van der Waals surface area contributed by atoms with Gasteiger partial charge in [-0.15, -0.1) is 5.92 Å². The summed E-state index contributed by atoms with van der Waals surface area (Å²) in [5.41, 5.74) is -0.467. The number of hydrogen-bond acceptors (Lipinski definition) is 2. The molecule has 0 aromatic heterocycles. The lowest BCUT2D eigenvalue weighted by Crippen LogP contribution is -2.27. The molecular formula is C11H16O2. The summed E-state index contributed by atoms with van der Waals surface area (Å²) >= 11 is 0. The van der Waals surface area contributed by atoms with Crippen LogP contribution in [0.5, 0.6) is 0 Å². The van der Waals surface area contributed by atoms with Crippen LogP contribution in [0, 0.1) is 17.3 Å². The SMILES string of the molecule is CCC#CC1(C(=O)OC)CCCC1. The molecule has 0 aromatic carbocycles. The van der Waals surface area contributed by atoms with Gasteiger partial charge in [-0.1, -0.05) is 25.7 Å². The molecular weight excluding hydrogens is 164 g/mol. The van der Waals surface area contributed by atoms with Gasteiger partial charge in [0, 0.05) is 6.42 Å². The Morgan fingerprint density at radius 2 is 2.08 bits per heavy atom. The summed E-state index contributed by atoms with van der Waals surface area (Å²) in [6.45, 7) is 1.99. The Bertz CT molecular complexity index is 239. The standard InChI is InChI=1S/C11H16O2/c1-3-4-7-11(10(12)13-2)8-5-6-9-11/h3,5-6,8-9H2,1-2H3. The van der Waals surface area contributed by atoms with Crippen LogP contribution < -0.4 is 0 Å². The highest BCUT2D eigenvalue weighted by atomic mass is 16.5. The molecule has 2 heteroatoms. The van der Waals surface area contributed by atoms with E-state index in [0.29, 0.717) is 0 Å². The van der Waals surface area contributed by atoms with Crippen molar-refractivity contribution in [1.29, 1.82) is 0 Å². The number of carbonyl (C=O) groups is 1. The van der Waals surface area contributed by atoms with E-state index in [2.05, 4.69) is 11.8 Å². The van der Waals surface area contributed by atoms with Crippen molar-refractivity contribution in [2.75, 3.05) is 7.11 Å². The van der Waals surface area contributed by atoms with Gasteiger partial charge in [-0.25, -0.2) is 0 Å². The van der Waals surface area contributed by atoms with Crippen LogP contribution in [0.1, 0.15) is 39.0 Å². The van der Waals surface area contributed by atoms with E-state index in [4.69, 9.17) is 4.74 Å². The molecule has 2 nitrogen and oxygen atoms in total. The molecule has 1 rings (SSSR count). The van der Waals surface area contributed by atoms with E-state index in [-0.39, 0.29) is 5.97 Å². The maximum atomic E-state index is 11.5. The molecule has 0 saturated heterocycles. The van der Waals surface area contributed by atoms with Gasteiger partial charge in [-0.2, -0.15) is 0 Å². The van der Waals surface area contributed by atoms with Crippen LogP contribution in [0.4, 0.5) is 0 Å². The lowest BCUT2D eigenvalue weighted by molar-refractivity contribution is -0.148. The van der Waals surface area contributed by atoms with Crippen LogP contribution >= 0.6 is 0 Å². The van der Waals surface area contributed by atoms with E-state index in [0.717, 1.165) is 32.1 Å². The van der Waals surface area contributed by atoms with Gasteiger partial charge >= 0.3 is 5.97 Å². The fourth-order valence-electron chi connectivity index (χ4n) is 1.81. The van der Waals surface area contributed by atoms with Crippen LogP contribution in [-0.4, -0.2) is 13.1 Å². The Morgan fingerprint density at radius 3 is 2.54 bits per heavy atom. The Hall–Kier alpha value is -0.970. The minimum absolute atomic E-state index is 0.147. The molecule has 13 heavy (non-hydrogen) atoms. The average molecular weight is 180 g/mol. The number of ether oxygens (including phenoxy) is 1. The molecule has 0 spiro atoms. The molecule has 1 aliphatic rings. The molecule has 0 amide bonds. The van der Waals surface area contributed by atoms with Gasteiger partial charge in [-0.3, -0.25) is 4.79 Å². The third-order valence-corrected chi connectivity index (χ3v) is 2.54. The normalized spacial score (nSPS) is 18.9. The van der Waals surface area contributed by atoms with Crippen LogP contribution in [-0.2, 0) is 9.53 Å². The lowest BCUT2D eigenvalue weighted by atomic mass is 9.87. The summed E-state index contributed by atoms with van der Waals surface area (Å²) in [5, 5.41) is 0. The van der Waals surface area contributed by atoms with Crippen LogP contribution in [0.3, 0.4) is 0 Å². The molecule has 0 radical (unpaired) electrons. The summed E-state index contributed by atoms with van der Waals surface area (Å²) in [6.07, 6.45) is 4.72. The van der Waals surface area contributed by atoms with Crippen LogP contribution in [0.15, 0.2) is 0 Å². The number of methoxy groups -OCH3 is 1. The second-order valence-corrected chi connectivity index (χ2v) is 3.44. The predicted octanol–water partition coefficient (Wildman–Crippen LogP) is 2.13. The summed E-state index contributed by atoms with van der Waals surface area (Å²) in [5.74, 6) is 5.92. The van der Waals surface area contributed by atoms with Gasteiger partial charge in [0.05, 0.1) is 7.11 Å². The number of hydrogen-bond donors (Lipinski definition) is 0. The van der Waals surface area contributed by atoms with Crippen molar-refractivity contribution in [2.45, 2.75) is 39.0 Å². The van der Waals surface area contributed by atoms with Crippen LogP contribution in [0.25, 0.3) is 0 Å². The molecule has 1 fully saturated rings. The molecule has 0 heterocycles. The van der Waals surface area contributed by atoms with Crippen molar-refractivity contribution in [3.8, 4) is 11.8 Å². The minimum atomic E-state index is -0.467. The van der Waals surface area contributed by atoms with Crippen LogP contribution in [0.2, 0.25) is 0 Å². The van der Waals surface area contributed by atoms with E-state index in [1.165, 1.54) is 7.11 Å². The molecule has 0 atom stereocenters. The quantitative estimate of drug-likeness (QED) is 0.456. The van der Waals surface area contributed by atoms with Crippen molar-refractivity contribution in [1.82, 2.24) is 0 Å². The van der Waals surface area contributed by atoms with Gasteiger partial charge < -0.3 is 4.74 Å². The highest BCUT2D eigenvalue weighted by molar-refractivity contribution is 5.80. The van der Waals surface area contributed by atoms with E-state index in [1.807, 2.05) is 6.92 Å². The summed E-state index contributed by atoms with van der Waals surface area (Å²) in [6, 6.07) is 0. The smallest absolute Gasteiger partial charge is 0.323 e. The predicted molar refractivity (Wildman–Crippen MR) is 51.0 cm³/mol. The number of carbonyl (C=O) groups excluding carboxylic acids is 1. The van der Waals surface area contributed by atoms with Gasteiger partial charge in [0.25, 0.3) is 0 Å². The first-order chi connectivity index (χ1) is 6.25. The van der Waals surface area contributed by atoms with E-state index >= 15 is 0 Å². The van der Waals surface area contributed by atoms with E-state index < -0.39 is 5.41 Å². The van der Waals surface area contributed by atoms with Crippen molar-refractivity contribution < 1.29 is 9.53 Å². The van der Waals surface area contributed by atoms with Crippen molar-refractivity contribution >= 4 is 5.97 Å². The summed E-state index contributed by atoms with van der Waals surface area (Å²) in [4.78, 5) is 11.5. The first-order valence-electron chi connectivity index (χ1n) is 4.83. The first-order valence-corrected chi connectivity index (χ1v) is 4.83. The maximum absolute atomic E-state index is 11.5. The lowest BCUT2D eigenvalue weighted by Gasteiger charge is -2.18. The zero-order chi connectivity index (χ0) is 9.73. The topological polar surface area (TPSA) is 26.3 Å². The molecule has 0 N–H and O–H groups in total. The minimum Gasteiger partial charge on any atom is -0.468 e. The number of esters is 1. The average Bonchev–Trinajstić information content (AvgIpc) is 2.63. The monoisotopic (exact) mass is 180 g/mol. The number of rotatable bonds is 1. The Kier molecular flexibility index (Phi) is 3.36. The molecule has 1 saturated carbocycles. The van der Waals surface area contributed by atoms with Crippen molar-refractivity contribution in [3.05, 3.63) is 0 Å². The molecule has 72 valence electrons. The van der Waals surface area contributed by atoms with E-state index in [9.17, 15) is 4.79 Å². The van der Waals surface area contributed by atoms with Gasteiger partial charge in [-0.05, 0) is 12.8 Å². The highest BCUT2D eigenvalue weighted by Gasteiger charge is 2.40. The molecule has 0 aromatic rings. The summed E-state index contributed by atoms with van der Waals surface area (Å²) in [7, 11) is 1.44. The third kappa shape index (κ3) is 2.03. The fraction of sp³-hybridized carbons (Fsp3) is 0.727. The summed E-state index contributed by atoms with van der Waals surface area (Å²) < 4.78 is 4.79. The largest absolute Gasteiger partial charge is 0.468 e. The Labute approximate surface area is 79.7 Å². The zero-order valence-corrected chi connectivity index (χ0v) is 8.35. The second kappa shape index (κ2) is 4.32. The molecule has 0 bridgehead atoms. The Morgan fingerprint density at radius 1 is 1.46 bits per heavy atom. The van der Waals surface area contributed by atoms with E-state index in [1.54, 1.807) is 0 Å². The highest BCUT2D eigenvalue weighted by Crippen LogP contribution is 2.38. The molecule has 1 aliphatic carbocycles. The third-order valence-electron chi connectivity index (χ3n) is 2.54.